The highest BCUT2D eigenvalue weighted by molar-refractivity contribution is 5.96. The third-order valence-electron chi connectivity index (χ3n) is 3.30. The van der Waals surface area contributed by atoms with Gasteiger partial charge in [-0.15, -0.1) is 0 Å². The molecule has 0 spiro atoms. The van der Waals surface area contributed by atoms with Crippen molar-refractivity contribution in [1.82, 2.24) is 10.2 Å². The lowest BCUT2D eigenvalue weighted by molar-refractivity contribution is -0.384. The Bertz CT molecular complexity index is 595. The number of nitro benzene ring substituents is 1. The van der Waals surface area contributed by atoms with Crippen LogP contribution in [0, 0.1) is 10.1 Å². The highest BCUT2D eigenvalue weighted by atomic mass is 16.6. The van der Waals surface area contributed by atoms with Crippen LogP contribution in [0.15, 0.2) is 30.3 Å². The molecule has 7 heteroatoms. The maximum Gasteiger partial charge on any atom is 0.269 e. The minimum Gasteiger partial charge on any atom is -0.353 e. The number of hydrogen-bond acceptors (Lipinski definition) is 4. The molecule has 7 nitrogen and oxygen atoms in total. The van der Waals surface area contributed by atoms with E-state index in [1.165, 1.54) is 23.1 Å². The third-order valence-corrected chi connectivity index (χ3v) is 3.30. The summed E-state index contributed by atoms with van der Waals surface area (Å²) >= 11 is 0. The summed E-state index contributed by atoms with van der Waals surface area (Å²) in [6.07, 6.45) is 2.95. The second kappa shape index (κ2) is 6.17. The molecule has 0 bridgehead atoms. The van der Waals surface area contributed by atoms with Crippen LogP contribution >= 0.6 is 0 Å². The molecule has 1 aromatic rings. The van der Waals surface area contributed by atoms with E-state index in [1.807, 2.05) is 0 Å². The van der Waals surface area contributed by atoms with Gasteiger partial charge in [-0.3, -0.25) is 19.7 Å². The normalized spacial score (nSPS) is 18.6. The van der Waals surface area contributed by atoms with Gasteiger partial charge in [0, 0.05) is 31.3 Å². The monoisotopic (exact) mass is 289 g/mol. The van der Waals surface area contributed by atoms with Gasteiger partial charge in [0.2, 0.25) is 11.8 Å². The fourth-order valence-electron chi connectivity index (χ4n) is 2.05. The number of non-ortho nitro benzene ring substituents is 1. The summed E-state index contributed by atoms with van der Waals surface area (Å²) in [5, 5.41) is 13.2. The van der Waals surface area contributed by atoms with Crippen LogP contribution < -0.4 is 5.32 Å². The maximum atomic E-state index is 12.1. The summed E-state index contributed by atoms with van der Waals surface area (Å²) in [4.78, 5) is 35.1. The van der Waals surface area contributed by atoms with E-state index in [4.69, 9.17) is 0 Å². The highest BCUT2D eigenvalue weighted by Crippen LogP contribution is 2.13. The third kappa shape index (κ3) is 3.44. The molecule has 21 heavy (non-hydrogen) atoms. The first-order chi connectivity index (χ1) is 9.99. The Morgan fingerprint density at radius 2 is 2.10 bits per heavy atom. The fraction of sp³-hybridized carbons (Fsp3) is 0.286. The Kier molecular flexibility index (Phi) is 4.32. The largest absolute Gasteiger partial charge is 0.353 e. The SMILES string of the molecule is CC1C(=O)NCCN1C(=O)C=Cc1ccc([N+](=O)[O-])cc1. The quantitative estimate of drug-likeness (QED) is 0.509. The van der Waals surface area contributed by atoms with Crippen LogP contribution in [0.3, 0.4) is 0 Å². The zero-order chi connectivity index (χ0) is 15.4. The van der Waals surface area contributed by atoms with E-state index in [1.54, 1.807) is 25.1 Å². The van der Waals surface area contributed by atoms with Gasteiger partial charge in [-0.1, -0.05) is 0 Å². The smallest absolute Gasteiger partial charge is 0.269 e. The first-order valence-electron chi connectivity index (χ1n) is 6.50. The van der Waals surface area contributed by atoms with Crippen LogP contribution in [0.4, 0.5) is 5.69 Å². The van der Waals surface area contributed by atoms with Crippen LogP contribution in [0.1, 0.15) is 12.5 Å². The standard InChI is InChI=1S/C14H15N3O4/c1-10-14(19)15-8-9-16(10)13(18)7-4-11-2-5-12(6-3-11)17(20)21/h2-7,10H,8-9H2,1H3,(H,15,19). The Hall–Kier alpha value is -2.70. The lowest BCUT2D eigenvalue weighted by Crippen LogP contribution is -2.55. The van der Waals surface area contributed by atoms with Gasteiger partial charge in [0.05, 0.1) is 4.92 Å². The van der Waals surface area contributed by atoms with Crippen molar-refractivity contribution in [2.75, 3.05) is 13.1 Å². The summed E-state index contributed by atoms with van der Waals surface area (Å²) in [5.74, 6) is -0.422. The molecule has 1 aromatic carbocycles. The van der Waals surface area contributed by atoms with Crippen molar-refractivity contribution in [3.63, 3.8) is 0 Å². The number of benzene rings is 1. The topological polar surface area (TPSA) is 92.6 Å². The lowest BCUT2D eigenvalue weighted by atomic mass is 10.1. The van der Waals surface area contributed by atoms with E-state index >= 15 is 0 Å². The average molecular weight is 289 g/mol. The molecule has 1 unspecified atom stereocenters. The van der Waals surface area contributed by atoms with Crippen LogP contribution in [-0.2, 0) is 9.59 Å². The molecular weight excluding hydrogens is 274 g/mol. The summed E-state index contributed by atoms with van der Waals surface area (Å²) in [6.45, 7) is 2.59. The summed E-state index contributed by atoms with van der Waals surface area (Å²) < 4.78 is 0. The molecule has 1 heterocycles. The zero-order valence-electron chi connectivity index (χ0n) is 11.5. The first kappa shape index (κ1) is 14.7. The van der Waals surface area contributed by atoms with Gasteiger partial charge in [0.1, 0.15) is 6.04 Å². The average Bonchev–Trinajstić information content (AvgIpc) is 2.48. The predicted octanol–water partition coefficient (Wildman–Crippen LogP) is 0.955. The molecule has 1 atom stereocenters. The minimum absolute atomic E-state index is 0.000185. The van der Waals surface area contributed by atoms with E-state index in [0.29, 0.717) is 18.7 Å². The van der Waals surface area contributed by atoms with E-state index in [2.05, 4.69) is 5.32 Å². The molecule has 110 valence electrons. The van der Waals surface area contributed by atoms with Crippen molar-refractivity contribution in [1.29, 1.82) is 0 Å². The van der Waals surface area contributed by atoms with Crippen molar-refractivity contribution in [2.24, 2.45) is 0 Å². The van der Waals surface area contributed by atoms with Crippen LogP contribution in [0.5, 0.6) is 0 Å². The Morgan fingerprint density at radius 3 is 2.71 bits per heavy atom. The number of nitrogens with zero attached hydrogens (tertiary/aromatic N) is 2. The van der Waals surface area contributed by atoms with Crippen molar-refractivity contribution in [3.8, 4) is 0 Å². The molecule has 1 aliphatic rings. The Morgan fingerprint density at radius 1 is 1.43 bits per heavy atom. The number of carbonyl (C=O) groups excluding carboxylic acids is 2. The minimum atomic E-state index is -0.493. The number of piperazine rings is 1. The summed E-state index contributed by atoms with van der Waals surface area (Å²) in [6, 6.07) is 5.39. The van der Waals surface area contributed by atoms with Crippen molar-refractivity contribution in [2.45, 2.75) is 13.0 Å². The van der Waals surface area contributed by atoms with Gasteiger partial charge in [-0.25, -0.2) is 0 Å². The molecule has 0 radical (unpaired) electrons. The van der Waals surface area contributed by atoms with Gasteiger partial charge in [0.15, 0.2) is 0 Å². The molecule has 0 aromatic heterocycles. The van der Waals surface area contributed by atoms with Crippen molar-refractivity contribution >= 4 is 23.6 Å². The van der Waals surface area contributed by atoms with Gasteiger partial charge in [-0.2, -0.15) is 0 Å². The molecule has 1 aliphatic heterocycles. The van der Waals surface area contributed by atoms with E-state index in [-0.39, 0.29) is 17.5 Å². The zero-order valence-corrected chi connectivity index (χ0v) is 11.5. The second-order valence-corrected chi connectivity index (χ2v) is 4.68. The van der Waals surface area contributed by atoms with Crippen LogP contribution in [0.2, 0.25) is 0 Å². The number of nitrogens with one attached hydrogen (secondary N) is 1. The molecule has 0 aliphatic carbocycles. The molecule has 2 rings (SSSR count). The molecule has 1 N–H and O–H groups in total. The predicted molar refractivity (Wildman–Crippen MR) is 76.3 cm³/mol. The lowest BCUT2D eigenvalue weighted by Gasteiger charge is -2.31. The Balaban J connectivity index is 2.04. The van der Waals surface area contributed by atoms with Crippen LogP contribution in [-0.4, -0.2) is 40.8 Å². The van der Waals surface area contributed by atoms with E-state index < -0.39 is 11.0 Å². The summed E-state index contributed by atoms with van der Waals surface area (Å²) in [5.41, 5.74) is 0.683. The molecule has 1 saturated heterocycles. The van der Waals surface area contributed by atoms with Gasteiger partial charge >= 0.3 is 0 Å². The van der Waals surface area contributed by atoms with E-state index in [9.17, 15) is 19.7 Å². The fourth-order valence-corrected chi connectivity index (χ4v) is 2.05. The van der Waals surface area contributed by atoms with Crippen LogP contribution in [0.25, 0.3) is 6.08 Å². The number of carbonyl (C=O) groups is 2. The molecular formula is C14H15N3O4. The number of nitro groups is 1. The molecule has 2 amide bonds. The second-order valence-electron chi connectivity index (χ2n) is 4.68. The van der Waals surface area contributed by atoms with Gasteiger partial charge in [-0.05, 0) is 30.7 Å². The van der Waals surface area contributed by atoms with Gasteiger partial charge < -0.3 is 10.2 Å². The van der Waals surface area contributed by atoms with Crippen molar-refractivity contribution in [3.05, 3.63) is 46.0 Å². The van der Waals surface area contributed by atoms with Gasteiger partial charge in [0.25, 0.3) is 5.69 Å². The highest BCUT2D eigenvalue weighted by Gasteiger charge is 2.27. The maximum absolute atomic E-state index is 12.1. The number of amides is 2. The Labute approximate surface area is 121 Å². The number of rotatable bonds is 3. The molecule has 1 fully saturated rings. The van der Waals surface area contributed by atoms with E-state index in [0.717, 1.165) is 0 Å². The number of hydrogen-bond donors (Lipinski definition) is 1. The molecule has 0 saturated carbocycles. The van der Waals surface area contributed by atoms with Crippen molar-refractivity contribution < 1.29 is 14.5 Å². The summed E-state index contributed by atoms with van der Waals surface area (Å²) in [7, 11) is 0. The first-order valence-corrected chi connectivity index (χ1v) is 6.50.